The van der Waals surface area contributed by atoms with Gasteiger partial charge in [-0.3, -0.25) is 14.9 Å². The monoisotopic (exact) mass is 518 g/mol. The third-order valence-corrected chi connectivity index (χ3v) is 6.57. The first-order valence-corrected chi connectivity index (χ1v) is 12.3. The highest BCUT2D eigenvalue weighted by molar-refractivity contribution is 7.80. The molecule has 2 heterocycles. The summed E-state index contributed by atoms with van der Waals surface area (Å²) in [6.45, 7) is 2.64. The fourth-order valence-corrected chi connectivity index (χ4v) is 4.58. The van der Waals surface area contributed by atoms with Crippen LogP contribution >= 0.6 is 23.8 Å². The van der Waals surface area contributed by atoms with E-state index in [9.17, 15) is 9.59 Å². The lowest BCUT2D eigenvalue weighted by Gasteiger charge is -2.35. The average Bonchev–Trinajstić information content (AvgIpc) is 3.33. The van der Waals surface area contributed by atoms with Crippen molar-refractivity contribution >= 4 is 63.1 Å². The Labute approximate surface area is 218 Å². The van der Waals surface area contributed by atoms with Crippen LogP contribution in [0.15, 0.2) is 83.3 Å². The summed E-state index contributed by atoms with van der Waals surface area (Å²) in [4.78, 5) is 29.3. The molecule has 2 N–H and O–H groups in total. The highest BCUT2D eigenvalue weighted by Crippen LogP contribution is 2.23. The molecule has 3 aromatic carbocycles. The van der Waals surface area contributed by atoms with Gasteiger partial charge in [-0.15, -0.1) is 0 Å². The number of para-hydroxylation sites is 1. The number of hydrogen-bond acceptors (Lipinski definition) is 5. The van der Waals surface area contributed by atoms with Crippen LogP contribution < -0.4 is 15.5 Å². The number of piperazine rings is 1. The molecule has 1 fully saturated rings. The molecule has 7 nitrogen and oxygen atoms in total. The second-order valence-corrected chi connectivity index (χ2v) is 9.18. The van der Waals surface area contributed by atoms with Gasteiger partial charge < -0.3 is 19.5 Å². The third kappa shape index (κ3) is 5.19. The second-order valence-electron chi connectivity index (χ2n) is 8.36. The fourth-order valence-electron chi connectivity index (χ4n) is 4.14. The Balaban J connectivity index is 1.14. The van der Waals surface area contributed by atoms with E-state index in [1.54, 1.807) is 30.3 Å². The molecule has 0 unspecified atom stereocenters. The van der Waals surface area contributed by atoms with Crippen LogP contribution in [0.5, 0.6) is 0 Å². The minimum absolute atomic E-state index is 0.0854. The highest BCUT2D eigenvalue weighted by atomic mass is 35.5. The largest absolute Gasteiger partial charge is 0.451 e. The molecule has 0 bridgehead atoms. The van der Waals surface area contributed by atoms with Gasteiger partial charge in [0.15, 0.2) is 10.9 Å². The Kier molecular flexibility index (Phi) is 6.88. The molecule has 36 heavy (non-hydrogen) atoms. The number of rotatable bonds is 4. The molecular formula is C27H23ClN4O3S. The normalized spacial score (nSPS) is 13.5. The molecule has 1 aromatic heterocycles. The molecule has 2 amide bonds. The quantitative estimate of drug-likeness (QED) is 0.363. The first-order valence-electron chi connectivity index (χ1n) is 11.5. The SMILES string of the molecule is O=C(NC(=S)Nc1ccc(N2CCN(C(=O)c3cc4ccccc4o3)CC2)cc1)c1ccccc1Cl. The van der Waals surface area contributed by atoms with E-state index in [0.717, 1.165) is 22.3 Å². The fraction of sp³-hybridized carbons (Fsp3) is 0.148. The van der Waals surface area contributed by atoms with Crippen molar-refractivity contribution < 1.29 is 14.0 Å². The molecule has 1 aliphatic rings. The Morgan fingerprint density at radius 2 is 1.58 bits per heavy atom. The summed E-state index contributed by atoms with van der Waals surface area (Å²) >= 11 is 11.3. The number of hydrogen-bond donors (Lipinski definition) is 2. The van der Waals surface area contributed by atoms with Gasteiger partial charge in [-0.05, 0) is 60.7 Å². The molecule has 1 saturated heterocycles. The van der Waals surface area contributed by atoms with Crippen molar-refractivity contribution in [3.63, 3.8) is 0 Å². The molecule has 0 spiro atoms. The number of thiocarbonyl (C=S) groups is 1. The first-order chi connectivity index (χ1) is 17.5. The van der Waals surface area contributed by atoms with Crippen molar-refractivity contribution in [3.05, 3.63) is 95.2 Å². The van der Waals surface area contributed by atoms with Gasteiger partial charge in [0.05, 0.1) is 10.6 Å². The molecule has 0 aliphatic carbocycles. The Morgan fingerprint density at radius 1 is 0.889 bits per heavy atom. The van der Waals surface area contributed by atoms with Crippen LogP contribution in [0.2, 0.25) is 5.02 Å². The summed E-state index contributed by atoms with van der Waals surface area (Å²) in [5, 5.41) is 7.14. The lowest BCUT2D eigenvalue weighted by molar-refractivity contribution is 0.0717. The lowest BCUT2D eigenvalue weighted by Crippen LogP contribution is -2.48. The lowest BCUT2D eigenvalue weighted by atomic mass is 10.2. The zero-order valence-corrected chi connectivity index (χ0v) is 20.8. The molecule has 5 rings (SSSR count). The van der Waals surface area contributed by atoms with Gasteiger partial charge in [0.25, 0.3) is 11.8 Å². The van der Waals surface area contributed by atoms with Crippen LogP contribution in [0.1, 0.15) is 20.9 Å². The van der Waals surface area contributed by atoms with E-state index in [0.29, 0.717) is 42.5 Å². The number of furan rings is 1. The number of benzene rings is 3. The van der Waals surface area contributed by atoms with E-state index < -0.39 is 0 Å². The predicted octanol–water partition coefficient (Wildman–Crippen LogP) is 5.18. The van der Waals surface area contributed by atoms with Crippen molar-refractivity contribution in [1.29, 1.82) is 0 Å². The molecule has 182 valence electrons. The van der Waals surface area contributed by atoms with Gasteiger partial charge in [-0.2, -0.15) is 0 Å². The first kappa shape index (κ1) is 23.8. The Hall–Kier alpha value is -3.88. The van der Waals surface area contributed by atoms with E-state index in [-0.39, 0.29) is 16.9 Å². The average molecular weight is 519 g/mol. The van der Waals surface area contributed by atoms with Crippen molar-refractivity contribution in [3.8, 4) is 0 Å². The number of anilines is 2. The summed E-state index contributed by atoms with van der Waals surface area (Å²) in [7, 11) is 0. The van der Waals surface area contributed by atoms with Gasteiger partial charge in [0, 0.05) is 42.9 Å². The van der Waals surface area contributed by atoms with Gasteiger partial charge in [-0.25, -0.2) is 0 Å². The molecule has 0 atom stereocenters. The number of carbonyl (C=O) groups excluding carboxylic acids is 2. The predicted molar refractivity (Wildman–Crippen MR) is 146 cm³/mol. The van der Waals surface area contributed by atoms with Gasteiger partial charge in [-0.1, -0.05) is 41.9 Å². The second kappa shape index (κ2) is 10.4. The Bertz CT molecular complexity index is 1400. The number of nitrogens with one attached hydrogen (secondary N) is 2. The van der Waals surface area contributed by atoms with Gasteiger partial charge in [0.2, 0.25) is 0 Å². The summed E-state index contributed by atoms with van der Waals surface area (Å²) in [5.74, 6) is -0.0831. The molecule has 0 saturated carbocycles. The van der Waals surface area contributed by atoms with Gasteiger partial charge >= 0.3 is 0 Å². The van der Waals surface area contributed by atoms with E-state index in [1.165, 1.54) is 0 Å². The molecule has 1 aliphatic heterocycles. The van der Waals surface area contributed by atoms with Crippen LogP contribution in [-0.2, 0) is 0 Å². The zero-order valence-electron chi connectivity index (χ0n) is 19.2. The van der Waals surface area contributed by atoms with Crippen molar-refractivity contribution in [2.45, 2.75) is 0 Å². The van der Waals surface area contributed by atoms with Crippen molar-refractivity contribution in [2.24, 2.45) is 0 Å². The van der Waals surface area contributed by atoms with Crippen LogP contribution in [0.4, 0.5) is 11.4 Å². The van der Waals surface area contributed by atoms with E-state index in [4.69, 9.17) is 28.2 Å². The molecule has 4 aromatic rings. The summed E-state index contributed by atoms with van der Waals surface area (Å²) < 4.78 is 5.74. The summed E-state index contributed by atoms with van der Waals surface area (Å²) in [6.07, 6.45) is 0. The summed E-state index contributed by atoms with van der Waals surface area (Å²) in [6, 6.07) is 24.0. The topological polar surface area (TPSA) is 77.8 Å². The van der Waals surface area contributed by atoms with Crippen LogP contribution in [0.25, 0.3) is 11.0 Å². The van der Waals surface area contributed by atoms with E-state index in [1.807, 2.05) is 53.4 Å². The van der Waals surface area contributed by atoms with Crippen LogP contribution in [0, 0.1) is 0 Å². The minimum atomic E-state index is -0.371. The zero-order chi connectivity index (χ0) is 25.1. The summed E-state index contributed by atoms with van der Waals surface area (Å²) in [5.41, 5.74) is 2.87. The standard InChI is InChI=1S/C27H23ClN4O3S/c28-22-7-3-2-6-21(22)25(33)30-27(36)29-19-9-11-20(12-10-19)31-13-15-32(16-14-31)26(34)24-17-18-5-1-4-8-23(18)35-24/h1-12,17H,13-16H2,(H2,29,30,33,36). The van der Waals surface area contributed by atoms with E-state index in [2.05, 4.69) is 15.5 Å². The number of carbonyl (C=O) groups is 2. The molecular weight excluding hydrogens is 496 g/mol. The smallest absolute Gasteiger partial charge is 0.289 e. The number of amides is 2. The van der Waals surface area contributed by atoms with Crippen molar-refractivity contribution in [2.75, 3.05) is 36.4 Å². The minimum Gasteiger partial charge on any atom is -0.451 e. The molecule has 0 radical (unpaired) electrons. The maximum absolute atomic E-state index is 12.9. The maximum atomic E-state index is 12.9. The van der Waals surface area contributed by atoms with E-state index >= 15 is 0 Å². The van der Waals surface area contributed by atoms with Gasteiger partial charge in [0.1, 0.15) is 5.58 Å². The van der Waals surface area contributed by atoms with Crippen LogP contribution in [0.3, 0.4) is 0 Å². The number of halogens is 1. The number of nitrogens with zero attached hydrogens (tertiary/aromatic N) is 2. The van der Waals surface area contributed by atoms with Crippen LogP contribution in [-0.4, -0.2) is 48.0 Å². The highest BCUT2D eigenvalue weighted by Gasteiger charge is 2.24. The van der Waals surface area contributed by atoms with Crippen molar-refractivity contribution in [1.82, 2.24) is 10.2 Å². The molecule has 9 heteroatoms. The number of fused-ring (bicyclic) bond motifs is 1. The maximum Gasteiger partial charge on any atom is 0.289 e. The third-order valence-electron chi connectivity index (χ3n) is 6.04. The Morgan fingerprint density at radius 3 is 2.31 bits per heavy atom.